The van der Waals surface area contributed by atoms with E-state index < -0.39 is 11.9 Å². The van der Waals surface area contributed by atoms with Gasteiger partial charge in [-0.25, -0.2) is 4.79 Å². The van der Waals surface area contributed by atoms with Crippen LogP contribution in [0.4, 0.5) is 4.79 Å². The van der Waals surface area contributed by atoms with E-state index in [0.717, 1.165) is 20.2 Å². The Labute approximate surface area is 217 Å². The molecule has 0 aromatic heterocycles. The molecule has 1 saturated heterocycles. The van der Waals surface area contributed by atoms with Crippen molar-refractivity contribution in [3.05, 3.63) is 102 Å². The van der Waals surface area contributed by atoms with Crippen LogP contribution in [-0.4, -0.2) is 22.0 Å². The number of hydrogen-bond donors (Lipinski definition) is 0. The van der Waals surface area contributed by atoms with Gasteiger partial charge in [-0.2, -0.15) is 0 Å². The number of esters is 1. The highest BCUT2D eigenvalue weighted by atomic mass is 127. The van der Waals surface area contributed by atoms with Crippen LogP contribution in [0.2, 0.25) is 10.0 Å². The fraction of sp³-hybridized carbons (Fsp3) is 0.0417. The molecule has 0 unspecified atom stereocenters. The first-order valence-electron chi connectivity index (χ1n) is 9.58. The number of nitrogens with zero attached hydrogens (tertiary/aromatic N) is 1. The van der Waals surface area contributed by atoms with Crippen molar-refractivity contribution in [2.75, 3.05) is 0 Å². The number of rotatable bonds is 5. The van der Waals surface area contributed by atoms with Gasteiger partial charge in [0.15, 0.2) is 0 Å². The summed E-state index contributed by atoms with van der Waals surface area (Å²) in [6.45, 7) is 0.0607. The van der Waals surface area contributed by atoms with Gasteiger partial charge in [0.25, 0.3) is 11.1 Å². The summed E-state index contributed by atoms with van der Waals surface area (Å²) in [6, 6.07) is 18.8. The molecule has 0 radical (unpaired) electrons. The quantitative estimate of drug-likeness (QED) is 0.134. The number of carbonyl (C=O) groups excluding carboxylic acids is 3. The molecule has 0 saturated carbocycles. The van der Waals surface area contributed by atoms with Gasteiger partial charge in [0.2, 0.25) is 0 Å². The van der Waals surface area contributed by atoms with Crippen LogP contribution in [0.15, 0.2) is 71.6 Å². The fourth-order valence-electron chi connectivity index (χ4n) is 3.03. The lowest BCUT2D eigenvalue weighted by atomic mass is 10.2. The normalized spacial score (nSPS) is 14.8. The van der Waals surface area contributed by atoms with Gasteiger partial charge in [0, 0.05) is 13.6 Å². The summed E-state index contributed by atoms with van der Waals surface area (Å²) in [5, 5.41) is 0.492. The minimum Gasteiger partial charge on any atom is -0.423 e. The third-order valence-electron chi connectivity index (χ3n) is 4.70. The van der Waals surface area contributed by atoms with Gasteiger partial charge < -0.3 is 4.74 Å². The molecule has 2 amide bonds. The van der Waals surface area contributed by atoms with Gasteiger partial charge >= 0.3 is 5.97 Å². The standard InChI is InChI=1S/C24H14Cl2INO4S/c25-16-8-7-15(19(26)12-16)13-28-22(29)21(33-24(28)31)11-14-5-9-17(10-6-14)32-23(30)18-3-1-2-4-20(18)27/h1-12H,13H2/b21-11-. The fourth-order valence-corrected chi connectivity index (χ4v) is 4.94. The lowest BCUT2D eigenvalue weighted by Gasteiger charge is -2.13. The number of imide groups is 1. The van der Waals surface area contributed by atoms with E-state index in [1.807, 2.05) is 12.1 Å². The maximum absolute atomic E-state index is 12.8. The second-order valence-electron chi connectivity index (χ2n) is 6.94. The van der Waals surface area contributed by atoms with Gasteiger partial charge in [-0.3, -0.25) is 14.5 Å². The zero-order valence-corrected chi connectivity index (χ0v) is 21.2. The SMILES string of the molecule is O=C(Oc1ccc(/C=C2\SC(=O)N(Cc3ccc(Cl)cc3Cl)C2=O)cc1)c1ccccc1I. The average molecular weight is 610 g/mol. The van der Waals surface area contributed by atoms with Gasteiger partial charge in [-0.15, -0.1) is 0 Å². The predicted molar refractivity (Wildman–Crippen MR) is 139 cm³/mol. The molecule has 1 aliphatic rings. The largest absolute Gasteiger partial charge is 0.423 e. The van der Waals surface area contributed by atoms with Crippen LogP contribution >= 0.6 is 57.6 Å². The van der Waals surface area contributed by atoms with Crippen molar-refractivity contribution in [1.29, 1.82) is 0 Å². The first-order valence-corrected chi connectivity index (χ1v) is 12.2. The van der Waals surface area contributed by atoms with Crippen molar-refractivity contribution in [1.82, 2.24) is 4.90 Å². The van der Waals surface area contributed by atoms with E-state index in [-0.39, 0.29) is 11.8 Å². The molecule has 4 rings (SSSR count). The third kappa shape index (κ3) is 5.60. The molecule has 166 valence electrons. The summed E-state index contributed by atoms with van der Waals surface area (Å²) >= 11 is 15.0. The van der Waals surface area contributed by atoms with Crippen molar-refractivity contribution >= 4 is 80.7 Å². The Bertz CT molecular complexity index is 1290. The van der Waals surface area contributed by atoms with E-state index in [2.05, 4.69) is 22.6 Å². The minimum absolute atomic E-state index is 0.0607. The van der Waals surface area contributed by atoms with Crippen LogP contribution in [0, 0.1) is 3.57 Å². The van der Waals surface area contributed by atoms with E-state index in [1.165, 1.54) is 0 Å². The number of benzene rings is 3. The zero-order chi connectivity index (χ0) is 23.5. The molecule has 1 heterocycles. The summed E-state index contributed by atoms with van der Waals surface area (Å²) in [5.74, 6) is -0.470. The Morgan fingerprint density at radius 1 is 1.03 bits per heavy atom. The summed E-state index contributed by atoms with van der Waals surface area (Å²) in [4.78, 5) is 39.0. The Kier molecular flexibility index (Phi) is 7.43. The van der Waals surface area contributed by atoms with Crippen molar-refractivity contribution in [3.63, 3.8) is 0 Å². The Morgan fingerprint density at radius 3 is 2.45 bits per heavy atom. The summed E-state index contributed by atoms with van der Waals surface area (Å²) in [6.07, 6.45) is 1.63. The van der Waals surface area contributed by atoms with E-state index in [0.29, 0.717) is 37.4 Å². The molecule has 0 N–H and O–H groups in total. The molecule has 9 heteroatoms. The van der Waals surface area contributed by atoms with E-state index in [4.69, 9.17) is 27.9 Å². The minimum atomic E-state index is -0.449. The number of thioether (sulfide) groups is 1. The lowest BCUT2D eigenvalue weighted by molar-refractivity contribution is -0.123. The molecule has 33 heavy (non-hydrogen) atoms. The van der Waals surface area contributed by atoms with Crippen molar-refractivity contribution in [2.24, 2.45) is 0 Å². The van der Waals surface area contributed by atoms with Gasteiger partial charge in [0.1, 0.15) is 5.75 Å². The number of carbonyl (C=O) groups is 3. The van der Waals surface area contributed by atoms with E-state index >= 15 is 0 Å². The molecule has 5 nitrogen and oxygen atoms in total. The van der Waals surface area contributed by atoms with Crippen LogP contribution in [-0.2, 0) is 11.3 Å². The number of hydrogen-bond acceptors (Lipinski definition) is 5. The summed E-state index contributed by atoms with van der Waals surface area (Å²) < 4.78 is 6.23. The molecular weight excluding hydrogens is 596 g/mol. The van der Waals surface area contributed by atoms with Crippen LogP contribution in [0.1, 0.15) is 21.5 Å². The van der Waals surface area contributed by atoms with Crippen LogP contribution < -0.4 is 4.74 Å². The summed E-state index contributed by atoms with van der Waals surface area (Å²) in [5.41, 5.74) is 1.81. The van der Waals surface area contributed by atoms with Crippen LogP contribution in [0.5, 0.6) is 5.75 Å². The van der Waals surface area contributed by atoms with Gasteiger partial charge in [-0.05, 0) is 88.0 Å². The molecule has 0 spiro atoms. The van der Waals surface area contributed by atoms with E-state index in [1.54, 1.807) is 60.7 Å². The highest BCUT2D eigenvalue weighted by Crippen LogP contribution is 2.34. The Balaban J connectivity index is 1.45. The van der Waals surface area contributed by atoms with E-state index in [9.17, 15) is 14.4 Å². The highest BCUT2D eigenvalue weighted by Gasteiger charge is 2.35. The maximum atomic E-state index is 12.8. The lowest BCUT2D eigenvalue weighted by Crippen LogP contribution is -2.27. The monoisotopic (exact) mass is 609 g/mol. The molecule has 1 aliphatic heterocycles. The molecular formula is C24H14Cl2INO4S. The first kappa shape index (κ1) is 23.8. The van der Waals surface area contributed by atoms with Crippen LogP contribution in [0.3, 0.4) is 0 Å². The second-order valence-corrected chi connectivity index (χ2v) is 9.94. The molecule has 0 atom stereocenters. The predicted octanol–water partition coefficient (Wildman–Crippen LogP) is 7.05. The zero-order valence-electron chi connectivity index (χ0n) is 16.8. The number of ether oxygens (including phenoxy) is 1. The average Bonchev–Trinajstić information content (AvgIpc) is 3.04. The molecule has 3 aromatic rings. The smallest absolute Gasteiger partial charge is 0.344 e. The molecule has 1 fully saturated rings. The molecule has 3 aromatic carbocycles. The number of halogens is 3. The van der Waals surface area contributed by atoms with Crippen molar-refractivity contribution in [3.8, 4) is 5.75 Å². The van der Waals surface area contributed by atoms with Gasteiger partial charge in [-0.1, -0.05) is 53.5 Å². The summed E-state index contributed by atoms with van der Waals surface area (Å²) in [7, 11) is 0. The van der Waals surface area contributed by atoms with Gasteiger partial charge in [0.05, 0.1) is 17.0 Å². The third-order valence-corrected chi connectivity index (χ3v) is 7.13. The highest BCUT2D eigenvalue weighted by molar-refractivity contribution is 14.1. The molecule has 0 aliphatic carbocycles. The number of amides is 2. The Hall–Kier alpha value is -2.33. The maximum Gasteiger partial charge on any atom is 0.344 e. The second kappa shape index (κ2) is 10.3. The van der Waals surface area contributed by atoms with Crippen molar-refractivity contribution in [2.45, 2.75) is 6.54 Å². The molecule has 0 bridgehead atoms. The van der Waals surface area contributed by atoms with Crippen LogP contribution in [0.25, 0.3) is 6.08 Å². The van der Waals surface area contributed by atoms with Crippen molar-refractivity contribution < 1.29 is 19.1 Å². The topological polar surface area (TPSA) is 63.7 Å². The first-order chi connectivity index (χ1) is 15.8. The Morgan fingerprint density at radius 2 is 1.76 bits per heavy atom.